The number of fused-ring (bicyclic) bond motifs is 1. The smallest absolute Gasteiger partial charge is 0.116 e. The number of benzene rings is 1. The lowest BCUT2D eigenvalue weighted by atomic mass is 9.95. The Balaban J connectivity index is 2.96. The molecule has 4 heteroatoms. The predicted molar refractivity (Wildman–Crippen MR) is 43.9 cm³/mol. The van der Waals surface area contributed by atoms with Gasteiger partial charge in [-0.1, -0.05) is 22.8 Å². The first-order valence-electron chi connectivity index (χ1n) is 3.33. The molecule has 1 aromatic carbocycles. The summed E-state index contributed by atoms with van der Waals surface area (Å²) in [5, 5.41) is 7.76. The lowest BCUT2D eigenvalue weighted by Gasteiger charge is -1.95. The van der Waals surface area contributed by atoms with Gasteiger partial charge in [0.1, 0.15) is 13.4 Å². The Bertz CT molecular complexity index is 393. The van der Waals surface area contributed by atoms with Gasteiger partial charge in [-0.2, -0.15) is 0 Å². The molecule has 0 amide bonds. The van der Waals surface area contributed by atoms with E-state index in [9.17, 15) is 0 Å². The molecule has 0 unspecified atom stereocenters. The topological polar surface area (TPSA) is 30.7 Å². The molecular formula is C7H6BN3. The summed E-state index contributed by atoms with van der Waals surface area (Å²) in [6.07, 6.45) is 0. The first kappa shape index (κ1) is 6.40. The van der Waals surface area contributed by atoms with Crippen molar-refractivity contribution in [2.24, 2.45) is 7.05 Å². The number of aryl methyl sites for hydroxylation is 1. The number of aromatic nitrogens is 3. The van der Waals surface area contributed by atoms with Crippen molar-refractivity contribution in [2.45, 2.75) is 0 Å². The highest BCUT2D eigenvalue weighted by atomic mass is 15.4. The molecule has 1 heterocycles. The second-order valence-electron chi connectivity index (χ2n) is 2.43. The highest BCUT2D eigenvalue weighted by Gasteiger charge is 2.00. The molecule has 0 aliphatic rings. The molecule has 1 aromatic heterocycles. The lowest BCUT2D eigenvalue weighted by Crippen LogP contribution is -2.06. The number of hydrogen-bond donors (Lipinski definition) is 0. The third-order valence-corrected chi connectivity index (χ3v) is 1.66. The molecule has 52 valence electrons. The van der Waals surface area contributed by atoms with Crippen molar-refractivity contribution in [3.05, 3.63) is 18.2 Å². The van der Waals surface area contributed by atoms with E-state index < -0.39 is 0 Å². The zero-order chi connectivity index (χ0) is 7.84. The van der Waals surface area contributed by atoms with Crippen molar-refractivity contribution in [3.63, 3.8) is 0 Å². The summed E-state index contributed by atoms with van der Waals surface area (Å²) in [6.45, 7) is 0. The molecule has 0 fully saturated rings. The fraction of sp³-hybridized carbons (Fsp3) is 0.143. The van der Waals surface area contributed by atoms with Crippen LogP contribution < -0.4 is 5.46 Å². The van der Waals surface area contributed by atoms with Crippen LogP contribution in [0.15, 0.2) is 18.2 Å². The van der Waals surface area contributed by atoms with Crippen LogP contribution in [0.1, 0.15) is 0 Å². The molecule has 0 saturated carbocycles. The van der Waals surface area contributed by atoms with Crippen LogP contribution in [-0.4, -0.2) is 22.8 Å². The molecule has 0 aliphatic heterocycles. The Kier molecular flexibility index (Phi) is 1.21. The zero-order valence-electron chi connectivity index (χ0n) is 6.15. The van der Waals surface area contributed by atoms with E-state index in [0.717, 1.165) is 16.5 Å². The number of hydrogen-bond acceptors (Lipinski definition) is 2. The van der Waals surface area contributed by atoms with Crippen molar-refractivity contribution >= 4 is 24.3 Å². The van der Waals surface area contributed by atoms with Gasteiger partial charge in [0.25, 0.3) is 0 Å². The summed E-state index contributed by atoms with van der Waals surface area (Å²) < 4.78 is 1.67. The first-order chi connectivity index (χ1) is 5.29. The Hall–Kier alpha value is -1.32. The van der Waals surface area contributed by atoms with E-state index in [0.29, 0.717) is 0 Å². The van der Waals surface area contributed by atoms with Crippen molar-refractivity contribution in [1.29, 1.82) is 0 Å². The summed E-state index contributed by atoms with van der Waals surface area (Å²) >= 11 is 0. The number of rotatable bonds is 0. The standard InChI is InChI=1S/C7H6BN3/c1-11-7-5(8)3-2-4-6(7)9-10-11/h2-4H,1H3. The fourth-order valence-corrected chi connectivity index (χ4v) is 1.14. The maximum absolute atomic E-state index is 5.70. The van der Waals surface area contributed by atoms with E-state index in [-0.39, 0.29) is 0 Å². The molecule has 0 N–H and O–H groups in total. The van der Waals surface area contributed by atoms with Crippen LogP contribution in [0.5, 0.6) is 0 Å². The van der Waals surface area contributed by atoms with Gasteiger partial charge in [0, 0.05) is 7.05 Å². The van der Waals surface area contributed by atoms with Gasteiger partial charge in [-0.15, -0.1) is 5.10 Å². The molecular weight excluding hydrogens is 137 g/mol. The SMILES string of the molecule is [B]c1cccc2nnn(C)c12. The van der Waals surface area contributed by atoms with Crippen molar-refractivity contribution in [1.82, 2.24) is 15.0 Å². The summed E-state index contributed by atoms with van der Waals surface area (Å²) in [5.41, 5.74) is 2.45. The van der Waals surface area contributed by atoms with Gasteiger partial charge in [-0.05, 0) is 6.07 Å². The van der Waals surface area contributed by atoms with Crippen molar-refractivity contribution < 1.29 is 0 Å². The average Bonchev–Trinajstić information content (AvgIpc) is 2.34. The Morgan fingerprint density at radius 3 is 3.00 bits per heavy atom. The molecule has 2 radical (unpaired) electrons. The molecule has 3 nitrogen and oxygen atoms in total. The largest absolute Gasteiger partial charge is 0.248 e. The molecule has 0 saturated heterocycles. The van der Waals surface area contributed by atoms with E-state index in [1.165, 1.54) is 0 Å². The van der Waals surface area contributed by atoms with Gasteiger partial charge in [0.15, 0.2) is 0 Å². The predicted octanol–water partition coefficient (Wildman–Crippen LogP) is -0.238. The minimum absolute atomic E-state index is 0.718. The molecule has 11 heavy (non-hydrogen) atoms. The summed E-state index contributed by atoms with van der Waals surface area (Å²) in [5.74, 6) is 0. The van der Waals surface area contributed by atoms with Gasteiger partial charge in [-0.3, -0.25) is 0 Å². The van der Waals surface area contributed by atoms with E-state index in [4.69, 9.17) is 7.85 Å². The molecule has 2 rings (SSSR count). The van der Waals surface area contributed by atoms with E-state index in [1.54, 1.807) is 4.68 Å². The maximum Gasteiger partial charge on any atom is 0.116 e. The Morgan fingerprint density at radius 1 is 1.45 bits per heavy atom. The van der Waals surface area contributed by atoms with Gasteiger partial charge in [0.2, 0.25) is 0 Å². The van der Waals surface area contributed by atoms with Crippen LogP contribution in [0.3, 0.4) is 0 Å². The molecule has 0 spiro atoms. The number of para-hydroxylation sites is 1. The third-order valence-electron chi connectivity index (χ3n) is 1.66. The fourth-order valence-electron chi connectivity index (χ4n) is 1.14. The van der Waals surface area contributed by atoms with Crippen LogP contribution in [0.25, 0.3) is 11.0 Å². The van der Waals surface area contributed by atoms with Crippen LogP contribution >= 0.6 is 0 Å². The van der Waals surface area contributed by atoms with E-state index in [2.05, 4.69) is 10.3 Å². The minimum Gasteiger partial charge on any atom is -0.248 e. The zero-order valence-corrected chi connectivity index (χ0v) is 6.15. The first-order valence-corrected chi connectivity index (χ1v) is 3.33. The van der Waals surface area contributed by atoms with Crippen molar-refractivity contribution in [2.75, 3.05) is 0 Å². The van der Waals surface area contributed by atoms with Crippen LogP contribution in [-0.2, 0) is 7.05 Å². The second kappa shape index (κ2) is 2.08. The Morgan fingerprint density at radius 2 is 2.27 bits per heavy atom. The monoisotopic (exact) mass is 143 g/mol. The molecule has 0 bridgehead atoms. The summed E-state index contributed by atoms with van der Waals surface area (Å²) in [6, 6.07) is 5.59. The van der Waals surface area contributed by atoms with Gasteiger partial charge >= 0.3 is 0 Å². The molecule has 2 aromatic rings. The summed E-state index contributed by atoms with van der Waals surface area (Å²) in [7, 11) is 7.53. The van der Waals surface area contributed by atoms with Gasteiger partial charge in [0.05, 0.1) is 5.52 Å². The highest BCUT2D eigenvalue weighted by Crippen LogP contribution is 2.04. The van der Waals surface area contributed by atoms with Gasteiger partial charge in [-0.25, -0.2) is 4.68 Å². The lowest BCUT2D eigenvalue weighted by molar-refractivity contribution is 0.737. The Labute approximate surface area is 65.4 Å². The number of nitrogens with zero attached hydrogens (tertiary/aromatic N) is 3. The van der Waals surface area contributed by atoms with Crippen molar-refractivity contribution in [3.8, 4) is 0 Å². The summed E-state index contributed by atoms with van der Waals surface area (Å²) in [4.78, 5) is 0. The van der Waals surface area contributed by atoms with Crippen LogP contribution in [0.4, 0.5) is 0 Å². The van der Waals surface area contributed by atoms with Gasteiger partial charge < -0.3 is 0 Å². The van der Waals surface area contributed by atoms with E-state index >= 15 is 0 Å². The van der Waals surface area contributed by atoms with Crippen LogP contribution in [0.2, 0.25) is 0 Å². The quantitative estimate of drug-likeness (QED) is 0.476. The second-order valence-corrected chi connectivity index (χ2v) is 2.43. The van der Waals surface area contributed by atoms with E-state index in [1.807, 2.05) is 25.2 Å². The molecule has 0 atom stereocenters. The minimum atomic E-state index is 0.718. The normalized spacial score (nSPS) is 10.6. The van der Waals surface area contributed by atoms with Crippen LogP contribution in [0, 0.1) is 0 Å². The third kappa shape index (κ3) is 0.825. The highest BCUT2D eigenvalue weighted by molar-refractivity contribution is 6.38. The average molecular weight is 143 g/mol. The maximum atomic E-state index is 5.70. The molecule has 0 aliphatic carbocycles.